The standard InChI is InChI=1S/C19H18N6O/c1-2-25-17-9-8-14(10-15(17)23-24-25)19(26)21-12-18-20-11-16(22-18)13-6-4-3-5-7-13/h3-11H,2,12H2,1H3,(H,20,22)(H,21,26). The second-order valence-electron chi connectivity index (χ2n) is 5.90. The quantitative estimate of drug-likeness (QED) is 0.581. The summed E-state index contributed by atoms with van der Waals surface area (Å²) in [6.45, 7) is 3.07. The molecular formula is C19H18N6O. The van der Waals surface area contributed by atoms with Gasteiger partial charge in [0.15, 0.2) is 0 Å². The summed E-state index contributed by atoms with van der Waals surface area (Å²) in [6, 6.07) is 15.3. The van der Waals surface area contributed by atoms with E-state index < -0.39 is 0 Å². The summed E-state index contributed by atoms with van der Waals surface area (Å²) in [5, 5.41) is 11.0. The summed E-state index contributed by atoms with van der Waals surface area (Å²) in [6.07, 6.45) is 1.77. The fourth-order valence-corrected chi connectivity index (χ4v) is 2.83. The maximum Gasteiger partial charge on any atom is 0.251 e. The number of aromatic nitrogens is 5. The summed E-state index contributed by atoms with van der Waals surface area (Å²) in [7, 11) is 0. The van der Waals surface area contributed by atoms with Gasteiger partial charge >= 0.3 is 0 Å². The molecule has 130 valence electrons. The van der Waals surface area contributed by atoms with Gasteiger partial charge in [0, 0.05) is 12.1 Å². The van der Waals surface area contributed by atoms with Crippen molar-refractivity contribution in [1.29, 1.82) is 0 Å². The third kappa shape index (κ3) is 3.06. The number of nitrogens with zero attached hydrogens (tertiary/aromatic N) is 4. The number of fused-ring (bicyclic) bond motifs is 1. The molecule has 0 aliphatic rings. The number of carbonyl (C=O) groups excluding carboxylic acids is 1. The first-order chi connectivity index (χ1) is 12.7. The van der Waals surface area contributed by atoms with Gasteiger partial charge in [-0.1, -0.05) is 35.5 Å². The van der Waals surface area contributed by atoms with Gasteiger partial charge in [0.1, 0.15) is 11.3 Å². The molecule has 2 aromatic carbocycles. The Morgan fingerprint density at radius 3 is 2.85 bits per heavy atom. The SMILES string of the molecule is CCn1nnc2cc(C(=O)NCc3ncc(-c4ccccc4)[nH]3)ccc21. The summed E-state index contributed by atoms with van der Waals surface area (Å²) in [5.41, 5.74) is 4.16. The molecule has 0 bridgehead atoms. The van der Waals surface area contributed by atoms with Crippen molar-refractivity contribution in [3.8, 4) is 11.3 Å². The lowest BCUT2D eigenvalue weighted by Crippen LogP contribution is -2.23. The molecular weight excluding hydrogens is 328 g/mol. The lowest BCUT2D eigenvalue weighted by molar-refractivity contribution is 0.0950. The summed E-state index contributed by atoms with van der Waals surface area (Å²) >= 11 is 0. The van der Waals surface area contributed by atoms with Crippen molar-refractivity contribution in [2.24, 2.45) is 0 Å². The average molecular weight is 346 g/mol. The molecule has 2 heterocycles. The minimum atomic E-state index is -0.171. The number of hydrogen-bond donors (Lipinski definition) is 2. The zero-order chi connectivity index (χ0) is 17.9. The first kappa shape index (κ1) is 16.0. The Morgan fingerprint density at radius 1 is 1.19 bits per heavy atom. The van der Waals surface area contributed by atoms with Crippen LogP contribution in [0.1, 0.15) is 23.1 Å². The van der Waals surface area contributed by atoms with Gasteiger partial charge in [0.25, 0.3) is 5.91 Å². The van der Waals surface area contributed by atoms with Crippen molar-refractivity contribution < 1.29 is 4.79 Å². The van der Waals surface area contributed by atoms with E-state index in [2.05, 4.69) is 25.6 Å². The van der Waals surface area contributed by atoms with Crippen LogP contribution in [0.15, 0.2) is 54.7 Å². The fraction of sp³-hybridized carbons (Fsp3) is 0.158. The molecule has 4 aromatic rings. The molecule has 0 spiro atoms. The van der Waals surface area contributed by atoms with Crippen LogP contribution in [0.5, 0.6) is 0 Å². The fourth-order valence-electron chi connectivity index (χ4n) is 2.83. The van der Waals surface area contributed by atoms with E-state index in [0.29, 0.717) is 23.4 Å². The first-order valence-corrected chi connectivity index (χ1v) is 8.45. The van der Waals surface area contributed by atoms with E-state index in [0.717, 1.165) is 23.3 Å². The molecule has 26 heavy (non-hydrogen) atoms. The first-order valence-electron chi connectivity index (χ1n) is 8.45. The zero-order valence-corrected chi connectivity index (χ0v) is 14.3. The van der Waals surface area contributed by atoms with Gasteiger partial charge in [-0.3, -0.25) is 4.79 Å². The van der Waals surface area contributed by atoms with E-state index in [9.17, 15) is 4.79 Å². The molecule has 0 fully saturated rings. The third-order valence-corrected chi connectivity index (χ3v) is 4.21. The highest BCUT2D eigenvalue weighted by molar-refractivity contribution is 5.97. The van der Waals surface area contributed by atoms with Crippen molar-refractivity contribution in [2.45, 2.75) is 20.0 Å². The van der Waals surface area contributed by atoms with E-state index in [-0.39, 0.29) is 5.91 Å². The summed E-state index contributed by atoms with van der Waals surface area (Å²) < 4.78 is 1.80. The Hall–Kier alpha value is -3.48. The average Bonchev–Trinajstić information content (AvgIpc) is 3.33. The molecule has 4 rings (SSSR count). The van der Waals surface area contributed by atoms with Crippen molar-refractivity contribution in [1.82, 2.24) is 30.3 Å². The highest BCUT2D eigenvalue weighted by atomic mass is 16.1. The Balaban J connectivity index is 1.45. The number of imidazole rings is 1. The Kier molecular flexibility index (Phi) is 4.18. The number of hydrogen-bond acceptors (Lipinski definition) is 4. The topological polar surface area (TPSA) is 88.5 Å². The van der Waals surface area contributed by atoms with E-state index in [1.807, 2.05) is 43.3 Å². The van der Waals surface area contributed by atoms with Gasteiger partial charge in [0.05, 0.1) is 24.0 Å². The van der Waals surface area contributed by atoms with Gasteiger partial charge < -0.3 is 10.3 Å². The third-order valence-electron chi connectivity index (χ3n) is 4.21. The van der Waals surface area contributed by atoms with Crippen molar-refractivity contribution >= 4 is 16.9 Å². The van der Waals surface area contributed by atoms with Crippen LogP contribution < -0.4 is 5.32 Å². The maximum absolute atomic E-state index is 12.4. The second-order valence-corrected chi connectivity index (χ2v) is 5.90. The molecule has 0 aliphatic carbocycles. The maximum atomic E-state index is 12.4. The Morgan fingerprint density at radius 2 is 2.04 bits per heavy atom. The molecule has 7 nitrogen and oxygen atoms in total. The monoisotopic (exact) mass is 346 g/mol. The van der Waals surface area contributed by atoms with Gasteiger partial charge in [-0.25, -0.2) is 9.67 Å². The predicted octanol–water partition coefficient (Wildman–Crippen LogP) is 2.77. The molecule has 0 atom stereocenters. The molecule has 0 saturated heterocycles. The Bertz CT molecular complexity index is 1050. The number of amides is 1. The summed E-state index contributed by atoms with van der Waals surface area (Å²) in [5.74, 6) is 0.533. The van der Waals surface area contributed by atoms with Gasteiger partial charge in [-0.05, 0) is 30.7 Å². The van der Waals surface area contributed by atoms with Gasteiger partial charge in [-0.2, -0.15) is 0 Å². The Labute approximate surface area is 150 Å². The van der Waals surface area contributed by atoms with Crippen LogP contribution in [0.4, 0.5) is 0 Å². The smallest absolute Gasteiger partial charge is 0.251 e. The number of nitrogens with one attached hydrogen (secondary N) is 2. The molecule has 2 N–H and O–H groups in total. The van der Waals surface area contributed by atoms with Crippen molar-refractivity contribution in [3.05, 3.63) is 66.1 Å². The van der Waals surface area contributed by atoms with E-state index in [1.54, 1.807) is 23.0 Å². The van der Waals surface area contributed by atoms with Crippen molar-refractivity contribution in [3.63, 3.8) is 0 Å². The second kappa shape index (κ2) is 6.79. The number of carbonyl (C=O) groups is 1. The van der Waals surface area contributed by atoms with Crippen LogP contribution in [-0.2, 0) is 13.1 Å². The molecule has 0 saturated carbocycles. The van der Waals surface area contributed by atoms with Gasteiger partial charge in [-0.15, -0.1) is 5.10 Å². The highest BCUT2D eigenvalue weighted by Crippen LogP contribution is 2.16. The van der Waals surface area contributed by atoms with Crippen LogP contribution in [-0.4, -0.2) is 30.9 Å². The number of benzene rings is 2. The van der Waals surface area contributed by atoms with Crippen LogP contribution in [0.2, 0.25) is 0 Å². The van der Waals surface area contributed by atoms with Crippen LogP contribution in [0.3, 0.4) is 0 Å². The molecule has 0 radical (unpaired) electrons. The molecule has 0 aliphatic heterocycles. The normalized spacial score (nSPS) is 11.0. The lowest BCUT2D eigenvalue weighted by Gasteiger charge is -2.04. The molecule has 2 aromatic heterocycles. The van der Waals surface area contributed by atoms with Crippen LogP contribution in [0, 0.1) is 0 Å². The van der Waals surface area contributed by atoms with E-state index >= 15 is 0 Å². The minimum absolute atomic E-state index is 0.171. The summed E-state index contributed by atoms with van der Waals surface area (Å²) in [4.78, 5) is 20.0. The number of aryl methyl sites for hydroxylation is 1. The van der Waals surface area contributed by atoms with Crippen LogP contribution in [0.25, 0.3) is 22.3 Å². The van der Waals surface area contributed by atoms with E-state index in [4.69, 9.17) is 0 Å². The zero-order valence-electron chi connectivity index (χ0n) is 14.3. The van der Waals surface area contributed by atoms with Crippen molar-refractivity contribution in [2.75, 3.05) is 0 Å². The number of H-pyrrole nitrogens is 1. The lowest BCUT2D eigenvalue weighted by atomic mass is 10.2. The molecule has 0 unspecified atom stereocenters. The van der Waals surface area contributed by atoms with Crippen LogP contribution >= 0.6 is 0 Å². The predicted molar refractivity (Wildman–Crippen MR) is 98.4 cm³/mol. The molecule has 7 heteroatoms. The largest absolute Gasteiger partial charge is 0.345 e. The van der Waals surface area contributed by atoms with Gasteiger partial charge in [0.2, 0.25) is 0 Å². The highest BCUT2D eigenvalue weighted by Gasteiger charge is 2.10. The number of rotatable bonds is 5. The molecule has 1 amide bonds. The van der Waals surface area contributed by atoms with E-state index in [1.165, 1.54) is 0 Å². The minimum Gasteiger partial charge on any atom is -0.345 e. The number of aromatic amines is 1.